The molecular formula is C17H15N3O5. The number of benzene rings is 1. The van der Waals surface area contributed by atoms with Gasteiger partial charge in [-0.25, -0.2) is 0 Å². The average molecular weight is 341 g/mol. The molecule has 1 N–H and O–H groups in total. The van der Waals surface area contributed by atoms with Crippen molar-refractivity contribution in [1.82, 2.24) is 10.2 Å². The first-order chi connectivity index (χ1) is 12.0. The first kappa shape index (κ1) is 15.5. The van der Waals surface area contributed by atoms with E-state index in [1.54, 1.807) is 23.1 Å². The first-order valence-electron chi connectivity index (χ1n) is 8.08. The Bertz CT molecular complexity index is 847. The lowest BCUT2D eigenvalue weighted by atomic mass is 10.0. The van der Waals surface area contributed by atoms with Crippen LogP contribution in [-0.4, -0.2) is 53.4 Å². The van der Waals surface area contributed by atoms with Crippen LogP contribution in [-0.2, 0) is 14.4 Å². The Morgan fingerprint density at radius 3 is 2.48 bits per heavy atom. The number of nitrogens with zero attached hydrogens (tertiary/aromatic N) is 2. The first-order valence-corrected chi connectivity index (χ1v) is 8.08. The van der Waals surface area contributed by atoms with E-state index in [1.165, 1.54) is 0 Å². The second-order valence-electron chi connectivity index (χ2n) is 6.36. The molecule has 8 heteroatoms. The highest BCUT2D eigenvalue weighted by atomic mass is 16.2. The van der Waals surface area contributed by atoms with E-state index in [0.717, 1.165) is 4.90 Å². The Balaban J connectivity index is 1.71. The molecule has 8 nitrogen and oxygen atoms in total. The molecule has 0 saturated carbocycles. The zero-order chi connectivity index (χ0) is 17.7. The molecule has 3 aliphatic heterocycles. The minimum absolute atomic E-state index is 0.0800. The van der Waals surface area contributed by atoms with Crippen LogP contribution in [0, 0.1) is 0 Å². The lowest BCUT2D eigenvalue weighted by molar-refractivity contribution is -0.136. The summed E-state index contributed by atoms with van der Waals surface area (Å²) in [6.45, 7) is 0.700. The largest absolute Gasteiger partial charge is 0.363 e. The third-order valence-corrected chi connectivity index (χ3v) is 4.81. The van der Waals surface area contributed by atoms with Crippen LogP contribution in [0.1, 0.15) is 40.0 Å². The molecule has 1 aromatic rings. The van der Waals surface area contributed by atoms with E-state index in [9.17, 15) is 24.0 Å². The van der Waals surface area contributed by atoms with Crippen LogP contribution < -0.4 is 10.2 Å². The van der Waals surface area contributed by atoms with Crippen molar-refractivity contribution >= 4 is 35.1 Å². The quantitative estimate of drug-likeness (QED) is 0.752. The van der Waals surface area contributed by atoms with Gasteiger partial charge in [0.05, 0.1) is 23.4 Å². The van der Waals surface area contributed by atoms with E-state index in [0.29, 0.717) is 18.7 Å². The predicted octanol–water partition coefficient (Wildman–Crippen LogP) is -0.133. The highest BCUT2D eigenvalue weighted by Gasteiger charge is 2.46. The topological polar surface area (TPSA) is 104 Å². The van der Waals surface area contributed by atoms with Crippen LogP contribution in [0.4, 0.5) is 5.69 Å². The van der Waals surface area contributed by atoms with Crippen LogP contribution in [0.25, 0.3) is 0 Å². The van der Waals surface area contributed by atoms with Crippen LogP contribution in [0.15, 0.2) is 18.2 Å². The summed E-state index contributed by atoms with van der Waals surface area (Å²) in [5.74, 6) is -2.06. The molecule has 128 valence electrons. The van der Waals surface area contributed by atoms with E-state index in [4.69, 9.17) is 0 Å². The Kier molecular flexibility index (Phi) is 3.41. The summed E-state index contributed by atoms with van der Waals surface area (Å²) in [6, 6.07) is 3.92. The molecule has 25 heavy (non-hydrogen) atoms. The van der Waals surface area contributed by atoms with E-state index in [2.05, 4.69) is 5.32 Å². The molecule has 1 atom stereocenters. The fraction of sp³-hybridized carbons (Fsp3) is 0.353. The van der Waals surface area contributed by atoms with Crippen molar-refractivity contribution in [1.29, 1.82) is 0 Å². The van der Waals surface area contributed by atoms with Gasteiger partial charge in [-0.1, -0.05) is 6.07 Å². The summed E-state index contributed by atoms with van der Waals surface area (Å²) in [6.07, 6.45) is 0.605. The molecule has 4 rings (SSSR count). The molecular weight excluding hydrogens is 326 g/mol. The number of imide groups is 2. The summed E-state index contributed by atoms with van der Waals surface area (Å²) >= 11 is 0. The summed E-state index contributed by atoms with van der Waals surface area (Å²) in [5, 5.41) is 2.17. The molecule has 0 aromatic heterocycles. The Hall–Kier alpha value is -3.03. The Morgan fingerprint density at radius 2 is 1.80 bits per heavy atom. The Labute approximate surface area is 142 Å². The van der Waals surface area contributed by atoms with Gasteiger partial charge in [0.1, 0.15) is 6.04 Å². The number of hydrogen-bond donors (Lipinski definition) is 1. The van der Waals surface area contributed by atoms with Crippen LogP contribution >= 0.6 is 0 Å². The van der Waals surface area contributed by atoms with Gasteiger partial charge in [0.2, 0.25) is 11.8 Å². The molecule has 0 aliphatic carbocycles. The SMILES string of the molecule is O=C1CCN(c2cccc3c2C(=O)N(C2CCC(=O)NC2=O)C3=O)C1. The molecule has 1 aromatic carbocycles. The minimum Gasteiger partial charge on any atom is -0.363 e. The number of carbonyl (C=O) groups excluding carboxylic acids is 5. The summed E-state index contributed by atoms with van der Waals surface area (Å²) in [7, 11) is 0. The van der Waals surface area contributed by atoms with Gasteiger partial charge >= 0.3 is 0 Å². The fourth-order valence-corrected chi connectivity index (χ4v) is 3.60. The highest BCUT2D eigenvalue weighted by Crippen LogP contribution is 2.35. The normalized spacial score (nSPS) is 23.4. The molecule has 2 saturated heterocycles. The smallest absolute Gasteiger partial charge is 0.264 e. The van der Waals surface area contributed by atoms with Crippen molar-refractivity contribution in [2.24, 2.45) is 0 Å². The number of fused-ring (bicyclic) bond motifs is 1. The molecule has 0 bridgehead atoms. The van der Waals surface area contributed by atoms with Gasteiger partial charge in [0, 0.05) is 19.4 Å². The van der Waals surface area contributed by atoms with Crippen molar-refractivity contribution in [2.45, 2.75) is 25.3 Å². The lowest BCUT2D eigenvalue weighted by Gasteiger charge is -2.28. The van der Waals surface area contributed by atoms with E-state index < -0.39 is 29.7 Å². The van der Waals surface area contributed by atoms with Gasteiger partial charge in [-0.2, -0.15) is 0 Å². The number of amides is 4. The number of ketones is 1. The number of rotatable bonds is 2. The number of hydrogen-bond acceptors (Lipinski definition) is 6. The zero-order valence-corrected chi connectivity index (χ0v) is 13.3. The maximum Gasteiger partial charge on any atom is 0.264 e. The second-order valence-corrected chi connectivity index (χ2v) is 6.36. The van der Waals surface area contributed by atoms with Crippen molar-refractivity contribution in [3.05, 3.63) is 29.3 Å². The van der Waals surface area contributed by atoms with Crippen molar-refractivity contribution in [3.63, 3.8) is 0 Å². The minimum atomic E-state index is -0.988. The van der Waals surface area contributed by atoms with Gasteiger partial charge in [-0.05, 0) is 18.6 Å². The maximum atomic E-state index is 12.9. The number of anilines is 1. The van der Waals surface area contributed by atoms with E-state index in [1.807, 2.05) is 0 Å². The standard InChI is InChI=1S/C17H15N3O5/c21-9-6-7-19(8-9)11-3-1-2-10-14(11)17(25)20(16(10)24)12-4-5-13(22)18-15(12)23/h1-3,12H,4-8H2,(H,18,22,23). The number of piperidine rings is 1. The van der Waals surface area contributed by atoms with Gasteiger partial charge < -0.3 is 4.90 Å². The van der Waals surface area contributed by atoms with Gasteiger partial charge in [-0.15, -0.1) is 0 Å². The predicted molar refractivity (Wildman–Crippen MR) is 85.0 cm³/mol. The second kappa shape index (κ2) is 5.51. The molecule has 4 amide bonds. The average Bonchev–Trinajstić information content (AvgIpc) is 3.11. The van der Waals surface area contributed by atoms with Crippen LogP contribution in [0.5, 0.6) is 0 Å². The summed E-state index contributed by atoms with van der Waals surface area (Å²) < 4.78 is 0. The molecule has 3 heterocycles. The number of nitrogens with one attached hydrogen (secondary N) is 1. The monoisotopic (exact) mass is 341 g/mol. The third-order valence-electron chi connectivity index (χ3n) is 4.81. The molecule has 2 fully saturated rings. The van der Waals surface area contributed by atoms with Gasteiger partial charge in [-0.3, -0.25) is 34.2 Å². The van der Waals surface area contributed by atoms with Gasteiger partial charge in [0.25, 0.3) is 11.8 Å². The lowest BCUT2D eigenvalue weighted by Crippen LogP contribution is -2.54. The maximum absolute atomic E-state index is 12.9. The van der Waals surface area contributed by atoms with Gasteiger partial charge in [0.15, 0.2) is 5.78 Å². The van der Waals surface area contributed by atoms with Crippen LogP contribution in [0.2, 0.25) is 0 Å². The Morgan fingerprint density at radius 1 is 1.00 bits per heavy atom. The van der Waals surface area contributed by atoms with E-state index in [-0.39, 0.29) is 36.3 Å². The van der Waals surface area contributed by atoms with Crippen molar-refractivity contribution in [2.75, 3.05) is 18.0 Å². The molecule has 1 unspecified atom stereocenters. The van der Waals surface area contributed by atoms with Crippen molar-refractivity contribution in [3.8, 4) is 0 Å². The molecule has 0 radical (unpaired) electrons. The number of carbonyl (C=O) groups is 5. The summed E-state index contributed by atoms with van der Waals surface area (Å²) in [4.78, 5) is 63.3. The highest BCUT2D eigenvalue weighted by molar-refractivity contribution is 6.25. The third kappa shape index (κ3) is 2.33. The van der Waals surface area contributed by atoms with Crippen LogP contribution in [0.3, 0.4) is 0 Å². The zero-order valence-electron chi connectivity index (χ0n) is 13.3. The summed E-state index contributed by atoms with van der Waals surface area (Å²) in [5.41, 5.74) is 0.995. The number of Topliss-reactive ketones (excluding diaryl/α,β-unsaturated/α-hetero) is 1. The van der Waals surface area contributed by atoms with E-state index >= 15 is 0 Å². The fourth-order valence-electron chi connectivity index (χ4n) is 3.60. The molecule has 0 spiro atoms. The van der Waals surface area contributed by atoms with Crippen molar-refractivity contribution < 1.29 is 24.0 Å². The molecule has 3 aliphatic rings.